The van der Waals surface area contributed by atoms with E-state index in [0.717, 1.165) is 36.0 Å². The molecule has 0 atom stereocenters. The predicted octanol–water partition coefficient (Wildman–Crippen LogP) is 5.05. The van der Waals surface area contributed by atoms with Crippen LogP contribution in [0.1, 0.15) is 22.8 Å². The molecule has 4 aromatic rings. The first-order valence-corrected chi connectivity index (χ1v) is 12.6. The van der Waals surface area contributed by atoms with Gasteiger partial charge in [-0.1, -0.05) is 12.1 Å². The first-order chi connectivity index (χ1) is 16.0. The summed E-state index contributed by atoms with van der Waals surface area (Å²) in [6.07, 6.45) is 3.70. The minimum atomic E-state index is 1.02. The highest BCUT2D eigenvalue weighted by molar-refractivity contribution is 7.99. The molecule has 0 fully saturated rings. The van der Waals surface area contributed by atoms with Crippen molar-refractivity contribution < 1.29 is 9.13 Å². The monoisotopic (exact) mass is 456 g/mol. The van der Waals surface area contributed by atoms with Gasteiger partial charge in [0.1, 0.15) is 0 Å². The molecule has 168 valence electrons. The van der Waals surface area contributed by atoms with Crippen molar-refractivity contribution in [2.75, 3.05) is 11.5 Å². The lowest BCUT2D eigenvalue weighted by molar-refractivity contribution is -0.704. The maximum absolute atomic E-state index is 4.49. The lowest BCUT2D eigenvalue weighted by Gasteiger charge is -2.08. The Bertz CT molecular complexity index is 1080. The summed E-state index contributed by atoms with van der Waals surface area (Å²) >= 11 is 2.01. The van der Waals surface area contributed by atoms with Crippen molar-refractivity contribution in [1.29, 1.82) is 0 Å². The first-order valence-electron chi connectivity index (χ1n) is 11.5. The zero-order valence-corrected chi connectivity index (χ0v) is 20.8. The Morgan fingerprint density at radius 3 is 1.33 bits per heavy atom. The summed E-state index contributed by atoms with van der Waals surface area (Å²) in [6.45, 7) is 10.8. The minimum absolute atomic E-state index is 1.02. The van der Waals surface area contributed by atoms with Crippen LogP contribution in [0.25, 0.3) is 22.5 Å². The summed E-state index contributed by atoms with van der Waals surface area (Å²) in [5.41, 5.74) is 9.55. The van der Waals surface area contributed by atoms with Crippen molar-refractivity contribution >= 4 is 11.8 Å². The van der Waals surface area contributed by atoms with Crippen molar-refractivity contribution in [2.45, 2.75) is 40.8 Å². The molecule has 0 aliphatic carbocycles. The van der Waals surface area contributed by atoms with Gasteiger partial charge in [0, 0.05) is 75.5 Å². The van der Waals surface area contributed by atoms with Crippen molar-refractivity contribution in [1.82, 2.24) is 9.97 Å². The number of aromatic nitrogens is 4. The highest BCUT2D eigenvalue weighted by Gasteiger charge is 2.16. The molecule has 0 amide bonds. The molecule has 0 N–H and O–H groups in total. The van der Waals surface area contributed by atoms with Crippen molar-refractivity contribution in [3.63, 3.8) is 0 Å². The molecule has 0 aliphatic heterocycles. The van der Waals surface area contributed by atoms with E-state index in [1.54, 1.807) is 0 Å². The molecule has 4 rings (SSSR count). The summed E-state index contributed by atoms with van der Waals surface area (Å²) in [7, 11) is 0. The number of pyridine rings is 4. The van der Waals surface area contributed by atoms with E-state index in [2.05, 4.69) is 83.2 Å². The normalized spacial score (nSPS) is 11.0. The number of nitrogens with zero attached hydrogens (tertiary/aromatic N) is 4. The fraction of sp³-hybridized carbons (Fsp3) is 0.286. The Morgan fingerprint density at radius 1 is 0.606 bits per heavy atom. The lowest BCUT2D eigenvalue weighted by Crippen LogP contribution is -2.42. The molecule has 0 radical (unpaired) electrons. The van der Waals surface area contributed by atoms with Crippen LogP contribution in [0.5, 0.6) is 0 Å². The Balaban J connectivity index is 1.34. The minimum Gasteiger partial charge on any atom is -0.256 e. The van der Waals surface area contributed by atoms with E-state index in [0.29, 0.717) is 0 Å². The molecule has 4 aromatic heterocycles. The van der Waals surface area contributed by atoms with E-state index >= 15 is 0 Å². The number of hydrogen-bond acceptors (Lipinski definition) is 3. The predicted molar refractivity (Wildman–Crippen MR) is 136 cm³/mol. The van der Waals surface area contributed by atoms with Gasteiger partial charge in [0.2, 0.25) is 0 Å². The van der Waals surface area contributed by atoms with Gasteiger partial charge in [-0.3, -0.25) is 9.97 Å². The number of thioether (sulfide) groups is 1. The Kier molecular flexibility index (Phi) is 7.50. The summed E-state index contributed by atoms with van der Waals surface area (Å²) < 4.78 is 4.81. The second kappa shape index (κ2) is 10.7. The zero-order chi connectivity index (χ0) is 23.2. The van der Waals surface area contributed by atoms with Crippen LogP contribution in [-0.2, 0) is 13.1 Å². The number of aryl methyl sites for hydroxylation is 4. The lowest BCUT2D eigenvalue weighted by atomic mass is 10.1. The Labute approximate surface area is 201 Å². The van der Waals surface area contributed by atoms with Crippen LogP contribution in [0, 0.1) is 27.7 Å². The van der Waals surface area contributed by atoms with Gasteiger partial charge < -0.3 is 0 Å². The largest absolute Gasteiger partial charge is 0.256 e. The molecular weight excluding hydrogens is 424 g/mol. The van der Waals surface area contributed by atoms with Crippen molar-refractivity contribution in [2.24, 2.45) is 0 Å². The van der Waals surface area contributed by atoms with E-state index in [1.165, 1.54) is 33.9 Å². The highest BCUT2D eigenvalue weighted by atomic mass is 32.2. The third-order valence-corrected chi connectivity index (χ3v) is 6.94. The van der Waals surface area contributed by atoms with Gasteiger partial charge in [-0.2, -0.15) is 9.13 Å². The molecule has 0 saturated heterocycles. The van der Waals surface area contributed by atoms with Gasteiger partial charge in [0.05, 0.1) is 22.9 Å². The van der Waals surface area contributed by atoms with Crippen LogP contribution in [0.3, 0.4) is 0 Å². The van der Waals surface area contributed by atoms with E-state index in [-0.39, 0.29) is 0 Å². The average Bonchev–Trinajstić information content (AvgIpc) is 2.82. The Morgan fingerprint density at radius 2 is 1.00 bits per heavy atom. The maximum atomic E-state index is 4.49. The summed E-state index contributed by atoms with van der Waals surface area (Å²) in [6, 6.07) is 21.1. The van der Waals surface area contributed by atoms with Crippen LogP contribution in [-0.4, -0.2) is 21.5 Å². The van der Waals surface area contributed by atoms with Gasteiger partial charge in [-0.05, 0) is 24.3 Å². The molecule has 5 heteroatoms. The summed E-state index contributed by atoms with van der Waals surface area (Å²) in [4.78, 5) is 8.99. The van der Waals surface area contributed by atoms with Gasteiger partial charge >= 0.3 is 0 Å². The molecule has 33 heavy (non-hydrogen) atoms. The molecule has 0 aromatic carbocycles. The van der Waals surface area contributed by atoms with Crippen LogP contribution >= 0.6 is 11.8 Å². The standard InChI is InChI=1S/C28H32N4S/c1-21-17-25(27-9-5-7-11-29-27)18-22(2)31(21)13-15-33-16-14-32-23(3)19-26(20-24(32)4)28-10-6-8-12-30-28/h5-12,17-20H,13-16H2,1-4H3/q+2. The Hall–Kier alpha value is -3.05. The zero-order valence-electron chi connectivity index (χ0n) is 20.0. The summed E-state index contributed by atoms with van der Waals surface area (Å²) in [5, 5.41) is 0. The average molecular weight is 457 g/mol. The quantitative estimate of drug-likeness (QED) is 0.275. The fourth-order valence-corrected chi connectivity index (χ4v) is 5.16. The maximum Gasteiger partial charge on any atom is 0.179 e. The topological polar surface area (TPSA) is 33.5 Å². The second-order valence-corrected chi connectivity index (χ2v) is 9.62. The number of rotatable bonds is 8. The third kappa shape index (κ3) is 5.66. The smallest absolute Gasteiger partial charge is 0.179 e. The molecule has 4 nitrogen and oxygen atoms in total. The van der Waals surface area contributed by atoms with E-state index in [4.69, 9.17) is 0 Å². The number of hydrogen-bond donors (Lipinski definition) is 0. The van der Waals surface area contributed by atoms with Crippen LogP contribution < -0.4 is 9.13 Å². The molecule has 0 spiro atoms. The molecule has 0 unspecified atom stereocenters. The van der Waals surface area contributed by atoms with Gasteiger partial charge in [0.15, 0.2) is 35.9 Å². The first kappa shape index (κ1) is 23.1. The van der Waals surface area contributed by atoms with Crippen LogP contribution in [0.2, 0.25) is 0 Å². The SMILES string of the molecule is Cc1cc(-c2ccccn2)cc(C)[n+]1CCSCC[n+]1c(C)cc(-c2ccccn2)cc1C. The van der Waals surface area contributed by atoms with Gasteiger partial charge in [-0.15, -0.1) is 11.8 Å². The third-order valence-electron chi connectivity index (χ3n) is 6.00. The van der Waals surface area contributed by atoms with Gasteiger partial charge in [0.25, 0.3) is 0 Å². The van der Waals surface area contributed by atoms with Crippen molar-refractivity contribution in [3.8, 4) is 22.5 Å². The van der Waals surface area contributed by atoms with Crippen molar-refractivity contribution in [3.05, 3.63) is 95.8 Å². The van der Waals surface area contributed by atoms with Crippen LogP contribution in [0.15, 0.2) is 73.1 Å². The molecule has 0 aliphatic rings. The molecule has 0 saturated carbocycles. The van der Waals surface area contributed by atoms with E-state index in [1.807, 2.05) is 48.4 Å². The molecular formula is C28H32N4S+2. The van der Waals surface area contributed by atoms with E-state index < -0.39 is 0 Å². The fourth-order valence-electron chi connectivity index (χ4n) is 4.33. The highest BCUT2D eigenvalue weighted by Crippen LogP contribution is 2.18. The van der Waals surface area contributed by atoms with E-state index in [9.17, 15) is 0 Å². The van der Waals surface area contributed by atoms with Gasteiger partial charge in [-0.25, -0.2) is 0 Å². The molecule has 4 heterocycles. The second-order valence-electron chi connectivity index (χ2n) is 8.40. The van der Waals surface area contributed by atoms with Crippen LogP contribution in [0.4, 0.5) is 0 Å². The molecule has 0 bridgehead atoms. The summed E-state index contributed by atoms with van der Waals surface area (Å²) in [5.74, 6) is 2.19.